The molecule has 10 heteroatoms. The van der Waals surface area contributed by atoms with Gasteiger partial charge < -0.3 is 25.6 Å². The summed E-state index contributed by atoms with van der Waals surface area (Å²) in [4.78, 5) is 24.5. The van der Waals surface area contributed by atoms with E-state index in [-0.39, 0.29) is 32.1 Å². The third kappa shape index (κ3) is 3.19. The van der Waals surface area contributed by atoms with Gasteiger partial charge in [-0.2, -0.15) is 4.68 Å². The second kappa shape index (κ2) is 5.86. The first-order chi connectivity index (χ1) is 8.10. The lowest BCUT2D eigenvalue weighted by molar-refractivity contribution is -0.394. The van der Waals surface area contributed by atoms with Gasteiger partial charge >= 0.3 is 17.7 Å². The van der Waals surface area contributed by atoms with Gasteiger partial charge in [0.05, 0.1) is 19.8 Å². The Labute approximate surface area is 95.0 Å². The SMILES string of the molecule is O=C(NCCO)c1nc([N+](=O)[O-])nn1CCO. The van der Waals surface area contributed by atoms with Gasteiger partial charge in [0, 0.05) is 11.6 Å². The summed E-state index contributed by atoms with van der Waals surface area (Å²) in [5.74, 6) is -1.69. The van der Waals surface area contributed by atoms with Crippen LogP contribution in [0.3, 0.4) is 0 Å². The second-order valence-electron chi connectivity index (χ2n) is 2.92. The molecule has 94 valence electrons. The minimum Gasteiger partial charge on any atom is -0.395 e. The summed E-state index contributed by atoms with van der Waals surface area (Å²) in [7, 11) is 0. The van der Waals surface area contributed by atoms with E-state index in [0.29, 0.717) is 0 Å². The van der Waals surface area contributed by atoms with Crippen LogP contribution in [0.15, 0.2) is 0 Å². The Morgan fingerprint density at radius 3 is 2.71 bits per heavy atom. The van der Waals surface area contributed by atoms with Crippen molar-refractivity contribution in [1.29, 1.82) is 0 Å². The molecule has 1 rings (SSSR count). The number of nitrogens with zero attached hydrogens (tertiary/aromatic N) is 4. The van der Waals surface area contributed by atoms with Crippen molar-refractivity contribution in [3.63, 3.8) is 0 Å². The van der Waals surface area contributed by atoms with E-state index >= 15 is 0 Å². The molecule has 0 fully saturated rings. The quantitative estimate of drug-likeness (QED) is 0.384. The zero-order valence-corrected chi connectivity index (χ0v) is 8.74. The maximum atomic E-state index is 11.5. The fraction of sp³-hybridized carbons (Fsp3) is 0.571. The van der Waals surface area contributed by atoms with Crippen LogP contribution in [0.25, 0.3) is 0 Å². The number of carbonyl (C=O) groups excluding carboxylic acids is 1. The Balaban J connectivity index is 2.94. The molecule has 0 bridgehead atoms. The molecule has 10 nitrogen and oxygen atoms in total. The Morgan fingerprint density at radius 2 is 2.18 bits per heavy atom. The molecule has 1 aromatic heterocycles. The number of carbonyl (C=O) groups is 1. The van der Waals surface area contributed by atoms with E-state index in [1.165, 1.54) is 0 Å². The molecule has 0 aliphatic heterocycles. The summed E-state index contributed by atoms with van der Waals surface area (Å²) < 4.78 is 0.935. The van der Waals surface area contributed by atoms with Gasteiger partial charge in [-0.3, -0.25) is 4.79 Å². The van der Waals surface area contributed by atoms with Crippen LogP contribution in [0.4, 0.5) is 5.95 Å². The molecule has 3 N–H and O–H groups in total. The molecule has 0 aliphatic rings. The summed E-state index contributed by atoms with van der Waals surface area (Å²) in [5.41, 5.74) is 0. The molecule has 0 saturated carbocycles. The summed E-state index contributed by atoms with van der Waals surface area (Å²) in [6, 6.07) is 0. The molecule has 0 atom stereocenters. The Hall–Kier alpha value is -2.07. The molecule has 0 aromatic carbocycles. The van der Waals surface area contributed by atoms with Gasteiger partial charge in [-0.05, 0) is 9.91 Å². The molecule has 0 unspecified atom stereocenters. The van der Waals surface area contributed by atoms with Crippen LogP contribution in [0.1, 0.15) is 10.6 Å². The molecule has 1 amide bonds. The van der Waals surface area contributed by atoms with Crippen molar-refractivity contribution in [3.8, 4) is 0 Å². The normalized spacial score (nSPS) is 10.2. The number of rotatable bonds is 6. The molecule has 0 saturated heterocycles. The van der Waals surface area contributed by atoms with E-state index in [1.807, 2.05) is 0 Å². The molecule has 0 radical (unpaired) electrons. The Kier molecular flexibility index (Phi) is 4.48. The number of nitro groups is 1. The molecule has 1 heterocycles. The minimum atomic E-state index is -0.837. The van der Waals surface area contributed by atoms with Crippen molar-refractivity contribution < 1.29 is 19.9 Å². The van der Waals surface area contributed by atoms with Crippen molar-refractivity contribution in [1.82, 2.24) is 20.1 Å². The van der Waals surface area contributed by atoms with Gasteiger partial charge in [0.15, 0.2) is 0 Å². The van der Waals surface area contributed by atoms with E-state index in [4.69, 9.17) is 10.2 Å². The van der Waals surface area contributed by atoms with Crippen LogP contribution in [-0.2, 0) is 6.54 Å². The van der Waals surface area contributed by atoms with Crippen molar-refractivity contribution in [2.24, 2.45) is 0 Å². The molecule has 17 heavy (non-hydrogen) atoms. The van der Waals surface area contributed by atoms with Crippen LogP contribution in [-0.4, -0.2) is 55.6 Å². The van der Waals surface area contributed by atoms with Crippen LogP contribution < -0.4 is 5.32 Å². The largest absolute Gasteiger partial charge is 0.491 e. The van der Waals surface area contributed by atoms with Crippen LogP contribution in [0.5, 0.6) is 0 Å². The number of amides is 1. The lowest BCUT2D eigenvalue weighted by Gasteiger charge is -1.99. The average Bonchev–Trinajstić information content (AvgIpc) is 2.70. The lowest BCUT2D eigenvalue weighted by atomic mass is 10.5. The van der Waals surface area contributed by atoms with Crippen molar-refractivity contribution in [2.45, 2.75) is 6.54 Å². The zero-order chi connectivity index (χ0) is 12.8. The second-order valence-corrected chi connectivity index (χ2v) is 2.92. The number of hydrogen-bond donors (Lipinski definition) is 3. The van der Waals surface area contributed by atoms with Gasteiger partial charge in [0.1, 0.15) is 0 Å². The highest BCUT2D eigenvalue weighted by Crippen LogP contribution is 2.05. The van der Waals surface area contributed by atoms with E-state index < -0.39 is 16.8 Å². The number of hydrogen-bond acceptors (Lipinski definition) is 7. The Morgan fingerprint density at radius 1 is 1.47 bits per heavy atom. The molecule has 1 aromatic rings. The number of aromatic nitrogens is 3. The van der Waals surface area contributed by atoms with Crippen LogP contribution in [0, 0.1) is 10.1 Å². The predicted molar refractivity (Wildman–Crippen MR) is 53.2 cm³/mol. The third-order valence-corrected chi connectivity index (χ3v) is 1.74. The number of aliphatic hydroxyl groups is 2. The maximum Gasteiger partial charge on any atom is 0.491 e. The third-order valence-electron chi connectivity index (χ3n) is 1.74. The molecular formula is C7H11N5O5. The number of nitrogens with one attached hydrogen (secondary N) is 1. The highest BCUT2D eigenvalue weighted by molar-refractivity contribution is 5.90. The van der Waals surface area contributed by atoms with Crippen molar-refractivity contribution >= 4 is 11.9 Å². The predicted octanol–water partition coefficient (Wildman–Crippen LogP) is -2.10. The van der Waals surface area contributed by atoms with Crippen molar-refractivity contribution in [3.05, 3.63) is 15.9 Å². The summed E-state index contributed by atoms with van der Waals surface area (Å²) in [5, 5.41) is 33.4. The van der Waals surface area contributed by atoms with E-state index in [2.05, 4.69) is 15.4 Å². The van der Waals surface area contributed by atoms with Crippen molar-refractivity contribution in [2.75, 3.05) is 19.8 Å². The average molecular weight is 245 g/mol. The molecule has 0 spiro atoms. The summed E-state index contributed by atoms with van der Waals surface area (Å²) >= 11 is 0. The van der Waals surface area contributed by atoms with Crippen LogP contribution in [0.2, 0.25) is 0 Å². The fourth-order valence-electron chi connectivity index (χ4n) is 1.07. The van der Waals surface area contributed by atoms with Gasteiger partial charge in [-0.1, -0.05) is 0 Å². The smallest absolute Gasteiger partial charge is 0.395 e. The maximum absolute atomic E-state index is 11.5. The van der Waals surface area contributed by atoms with E-state index in [9.17, 15) is 14.9 Å². The van der Waals surface area contributed by atoms with Gasteiger partial charge in [0.2, 0.25) is 0 Å². The van der Waals surface area contributed by atoms with Gasteiger partial charge in [-0.15, -0.1) is 0 Å². The topological polar surface area (TPSA) is 143 Å². The summed E-state index contributed by atoms with van der Waals surface area (Å²) in [6.45, 7) is -0.676. The highest BCUT2D eigenvalue weighted by Gasteiger charge is 2.26. The van der Waals surface area contributed by atoms with Crippen LogP contribution >= 0.6 is 0 Å². The standard InChI is InChI=1S/C7H11N5O5/c13-3-1-8-6(15)5-9-7(12(16)17)10-11(5)2-4-14/h13-14H,1-4H2,(H,8,15). The Bertz CT molecular complexity index is 417. The van der Waals surface area contributed by atoms with Gasteiger partial charge in [-0.25, -0.2) is 0 Å². The summed E-state index contributed by atoms with van der Waals surface area (Å²) in [6.07, 6.45) is 0. The lowest BCUT2D eigenvalue weighted by Crippen LogP contribution is -2.29. The first-order valence-corrected chi connectivity index (χ1v) is 4.69. The number of aliphatic hydroxyl groups excluding tert-OH is 2. The monoisotopic (exact) mass is 245 g/mol. The fourth-order valence-corrected chi connectivity index (χ4v) is 1.07. The first kappa shape index (κ1) is 13.0. The highest BCUT2D eigenvalue weighted by atomic mass is 16.6. The molecular weight excluding hydrogens is 234 g/mol. The first-order valence-electron chi connectivity index (χ1n) is 4.69. The van der Waals surface area contributed by atoms with E-state index in [0.717, 1.165) is 4.68 Å². The molecule has 0 aliphatic carbocycles. The van der Waals surface area contributed by atoms with Gasteiger partial charge in [0.25, 0.3) is 0 Å². The minimum absolute atomic E-state index is 0.00137. The zero-order valence-electron chi connectivity index (χ0n) is 8.74. The van der Waals surface area contributed by atoms with E-state index in [1.54, 1.807) is 0 Å².